The Bertz CT molecular complexity index is 898. The Balaban J connectivity index is 1.74. The van der Waals surface area contributed by atoms with Crippen molar-refractivity contribution in [2.75, 3.05) is 5.32 Å². The number of carbonyl (C=O) groups is 1. The Kier molecular flexibility index (Phi) is 5.96. The number of anilines is 1. The molecule has 26 heavy (non-hydrogen) atoms. The maximum absolute atomic E-state index is 12.5. The molecule has 1 heterocycles. The number of halogens is 1. The molecular formula is C19H19ClN4OS. The summed E-state index contributed by atoms with van der Waals surface area (Å²) >= 11 is 7.35. The van der Waals surface area contributed by atoms with Gasteiger partial charge in [-0.3, -0.25) is 4.79 Å². The molecule has 0 unspecified atom stereocenters. The van der Waals surface area contributed by atoms with Crippen LogP contribution in [-0.4, -0.2) is 25.9 Å². The molecule has 134 valence electrons. The van der Waals surface area contributed by atoms with Gasteiger partial charge >= 0.3 is 0 Å². The summed E-state index contributed by atoms with van der Waals surface area (Å²) in [5.41, 5.74) is 1.68. The number of thioether (sulfide) groups is 1. The van der Waals surface area contributed by atoms with E-state index in [1.165, 1.54) is 11.8 Å². The minimum atomic E-state index is -0.327. The largest absolute Gasteiger partial charge is 0.325 e. The number of nitrogens with zero attached hydrogens (tertiary/aromatic N) is 3. The van der Waals surface area contributed by atoms with Crippen LogP contribution in [0.3, 0.4) is 0 Å². The molecule has 5 nitrogen and oxygen atoms in total. The Morgan fingerprint density at radius 2 is 1.96 bits per heavy atom. The second-order valence-corrected chi connectivity index (χ2v) is 7.42. The molecule has 1 atom stereocenters. The van der Waals surface area contributed by atoms with Gasteiger partial charge in [0.1, 0.15) is 0 Å². The molecule has 7 heteroatoms. The lowest BCUT2D eigenvalue weighted by Crippen LogP contribution is -2.22. The van der Waals surface area contributed by atoms with E-state index in [-0.39, 0.29) is 11.2 Å². The van der Waals surface area contributed by atoms with Crippen LogP contribution in [0.4, 0.5) is 5.69 Å². The Morgan fingerprint density at radius 1 is 1.19 bits per heavy atom. The number of carbonyl (C=O) groups excluding carboxylic acids is 1. The zero-order valence-electron chi connectivity index (χ0n) is 14.5. The number of hydrogen-bond donors (Lipinski definition) is 1. The zero-order valence-corrected chi connectivity index (χ0v) is 16.1. The van der Waals surface area contributed by atoms with E-state index in [0.717, 1.165) is 23.1 Å². The third-order valence-electron chi connectivity index (χ3n) is 3.81. The average molecular weight is 387 g/mol. The van der Waals surface area contributed by atoms with Crippen molar-refractivity contribution in [1.29, 1.82) is 0 Å². The average Bonchev–Trinajstić information content (AvgIpc) is 3.05. The molecule has 0 aliphatic rings. The number of nitrogens with one attached hydrogen (secondary N) is 1. The van der Waals surface area contributed by atoms with Gasteiger partial charge in [-0.1, -0.05) is 59.8 Å². The van der Waals surface area contributed by atoms with Gasteiger partial charge in [0.05, 0.1) is 5.25 Å². The Labute approximate surface area is 161 Å². The van der Waals surface area contributed by atoms with E-state index < -0.39 is 0 Å². The molecule has 0 aliphatic carbocycles. The number of hydrogen-bond acceptors (Lipinski definition) is 4. The summed E-state index contributed by atoms with van der Waals surface area (Å²) in [6, 6.07) is 17.0. The first-order chi connectivity index (χ1) is 12.6. The fraction of sp³-hybridized carbons (Fsp3) is 0.211. The Hall–Kier alpha value is -2.31. The van der Waals surface area contributed by atoms with Crippen molar-refractivity contribution in [1.82, 2.24) is 14.8 Å². The highest BCUT2D eigenvalue weighted by Crippen LogP contribution is 2.27. The predicted octanol–water partition coefficient (Wildman–Crippen LogP) is 4.74. The van der Waals surface area contributed by atoms with E-state index in [4.69, 9.17) is 11.6 Å². The smallest absolute Gasteiger partial charge is 0.237 e. The van der Waals surface area contributed by atoms with Crippen molar-refractivity contribution < 1.29 is 4.79 Å². The second kappa shape index (κ2) is 8.38. The molecule has 1 N–H and O–H groups in total. The SMILES string of the molecule is CCn1c(S[C@@H](C)C(=O)Nc2cccc(Cl)c2)nnc1-c1ccccc1. The fourth-order valence-corrected chi connectivity index (χ4v) is 3.59. The summed E-state index contributed by atoms with van der Waals surface area (Å²) in [7, 11) is 0. The molecule has 3 rings (SSSR count). The lowest BCUT2D eigenvalue weighted by atomic mass is 10.2. The number of benzene rings is 2. The molecule has 0 fully saturated rings. The summed E-state index contributed by atoms with van der Waals surface area (Å²) in [6.07, 6.45) is 0. The summed E-state index contributed by atoms with van der Waals surface area (Å²) < 4.78 is 2.02. The highest BCUT2D eigenvalue weighted by Gasteiger charge is 2.20. The normalized spacial score (nSPS) is 12.0. The van der Waals surface area contributed by atoms with Crippen LogP contribution in [0.2, 0.25) is 5.02 Å². The highest BCUT2D eigenvalue weighted by atomic mass is 35.5. The first kappa shape index (κ1) is 18.5. The third-order valence-corrected chi connectivity index (χ3v) is 5.12. The molecule has 0 saturated carbocycles. The van der Waals surface area contributed by atoms with Crippen molar-refractivity contribution in [3.63, 3.8) is 0 Å². The van der Waals surface area contributed by atoms with Gasteiger partial charge in [-0.05, 0) is 32.0 Å². The van der Waals surface area contributed by atoms with E-state index in [1.807, 2.05) is 54.8 Å². The standard InChI is InChI=1S/C19H19ClN4OS/c1-3-24-17(14-8-5-4-6-9-14)22-23-19(24)26-13(2)18(25)21-16-11-7-10-15(20)12-16/h4-13H,3H2,1-2H3,(H,21,25)/t13-/m0/s1. The first-order valence-electron chi connectivity index (χ1n) is 8.30. The number of amides is 1. The van der Waals surface area contributed by atoms with Gasteiger partial charge in [-0.15, -0.1) is 10.2 Å². The van der Waals surface area contributed by atoms with E-state index in [9.17, 15) is 4.79 Å². The monoisotopic (exact) mass is 386 g/mol. The van der Waals surface area contributed by atoms with E-state index in [1.54, 1.807) is 18.2 Å². The van der Waals surface area contributed by atoms with Crippen LogP contribution < -0.4 is 5.32 Å². The minimum absolute atomic E-state index is 0.107. The van der Waals surface area contributed by atoms with Gasteiger partial charge < -0.3 is 9.88 Å². The fourth-order valence-electron chi connectivity index (χ4n) is 2.48. The molecule has 1 amide bonds. The van der Waals surface area contributed by atoms with Crippen molar-refractivity contribution >= 4 is 35.0 Å². The predicted molar refractivity (Wildman–Crippen MR) is 107 cm³/mol. The molecule has 0 aliphatic heterocycles. The van der Waals surface area contributed by atoms with Crippen LogP contribution in [0.15, 0.2) is 59.8 Å². The van der Waals surface area contributed by atoms with Crippen molar-refractivity contribution in [3.8, 4) is 11.4 Å². The summed E-state index contributed by atoms with van der Waals surface area (Å²) in [6.45, 7) is 4.61. The van der Waals surface area contributed by atoms with Crippen LogP contribution in [0.1, 0.15) is 13.8 Å². The molecule has 0 saturated heterocycles. The van der Waals surface area contributed by atoms with Crippen LogP contribution in [0.25, 0.3) is 11.4 Å². The lowest BCUT2D eigenvalue weighted by molar-refractivity contribution is -0.115. The molecule has 1 aromatic heterocycles. The summed E-state index contributed by atoms with van der Waals surface area (Å²) in [4.78, 5) is 12.5. The summed E-state index contributed by atoms with van der Waals surface area (Å²) in [5.74, 6) is 0.697. The van der Waals surface area contributed by atoms with Crippen LogP contribution in [0, 0.1) is 0 Å². The lowest BCUT2D eigenvalue weighted by Gasteiger charge is -2.13. The van der Waals surface area contributed by atoms with Crippen molar-refractivity contribution in [2.45, 2.75) is 30.8 Å². The van der Waals surface area contributed by atoms with Gasteiger partial charge in [-0.25, -0.2) is 0 Å². The maximum atomic E-state index is 12.5. The van der Waals surface area contributed by atoms with Crippen LogP contribution in [-0.2, 0) is 11.3 Å². The van der Waals surface area contributed by atoms with Gasteiger partial charge in [0.2, 0.25) is 5.91 Å². The van der Waals surface area contributed by atoms with Crippen LogP contribution in [0.5, 0.6) is 0 Å². The molecule has 0 spiro atoms. The van der Waals surface area contributed by atoms with Crippen LogP contribution >= 0.6 is 23.4 Å². The molecule has 3 aromatic rings. The number of aromatic nitrogens is 3. The van der Waals surface area contributed by atoms with Gasteiger partial charge in [-0.2, -0.15) is 0 Å². The van der Waals surface area contributed by atoms with Gasteiger partial charge in [0.15, 0.2) is 11.0 Å². The summed E-state index contributed by atoms with van der Waals surface area (Å²) in [5, 5.41) is 12.4. The third kappa shape index (κ3) is 4.26. The molecule has 0 radical (unpaired) electrons. The van der Waals surface area contributed by atoms with E-state index in [0.29, 0.717) is 10.7 Å². The van der Waals surface area contributed by atoms with Crippen molar-refractivity contribution in [3.05, 3.63) is 59.6 Å². The topological polar surface area (TPSA) is 59.8 Å². The van der Waals surface area contributed by atoms with E-state index in [2.05, 4.69) is 15.5 Å². The minimum Gasteiger partial charge on any atom is -0.325 e. The second-order valence-electron chi connectivity index (χ2n) is 5.68. The molecule has 2 aromatic carbocycles. The van der Waals surface area contributed by atoms with Crippen molar-refractivity contribution in [2.24, 2.45) is 0 Å². The highest BCUT2D eigenvalue weighted by molar-refractivity contribution is 8.00. The quantitative estimate of drug-likeness (QED) is 0.622. The van der Waals surface area contributed by atoms with E-state index >= 15 is 0 Å². The Morgan fingerprint density at radius 3 is 2.65 bits per heavy atom. The molecular weight excluding hydrogens is 368 g/mol. The zero-order chi connectivity index (χ0) is 18.5. The maximum Gasteiger partial charge on any atom is 0.237 e. The first-order valence-corrected chi connectivity index (χ1v) is 9.56. The van der Waals surface area contributed by atoms with Gasteiger partial charge in [0, 0.05) is 22.8 Å². The number of rotatable bonds is 6. The molecule has 0 bridgehead atoms. The van der Waals surface area contributed by atoms with Gasteiger partial charge in [0.25, 0.3) is 0 Å².